The van der Waals surface area contributed by atoms with E-state index in [2.05, 4.69) is 15.9 Å². The van der Waals surface area contributed by atoms with Crippen molar-refractivity contribution in [1.29, 1.82) is 0 Å². The monoisotopic (exact) mass is 348 g/mol. The average Bonchev–Trinajstić information content (AvgIpc) is 2.33. The second-order valence-electron chi connectivity index (χ2n) is 3.54. The highest BCUT2D eigenvalue weighted by Gasteiger charge is 2.17. The lowest BCUT2D eigenvalue weighted by Crippen LogP contribution is -1.93. The van der Waals surface area contributed by atoms with Gasteiger partial charge in [-0.2, -0.15) is 0 Å². The smallest absolute Gasteiger partial charge is 0.143 e. The molecule has 0 aromatic heterocycles. The lowest BCUT2D eigenvalue weighted by molar-refractivity contribution is 0.409. The predicted octanol–water partition coefficient (Wildman–Crippen LogP) is 5.57. The van der Waals surface area contributed by atoms with Gasteiger partial charge in [-0.15, -0.1) is 0 Å². The fourth-order valence-corrected chi connectivity index (χ4v) is 2.79. The lowest BCUT2D eigenvalue weighted by Gasteiger charge is -2.13. The van der Waals surface area contributed by atoms with Gasteiger partial charge in [0.25, 0.3) is 0 Å². The summed E-state index contributed by atoms with van der Waals surface area (Å²) in [5.74, 6) is -0.0382. The fraction of sp³-hybridized carbons (Fsp3) is 0.0769. The lowest BCUT2D eigenvalue weighted by atomic mass is 10.0. The van der Waals surface area contributed by atoms with Crippen LogP contribution in [0.2, 0.25) is 10.0 Å². The van der Waals surface area contributed by atoms with Crippen molar-refractivity contribution in [2.45, 2.75) is 0 Å². The van der Waals surface area contributed by atoms with Gasteiger partial charge < -0.3 is 4.74 Å². The van der Waals surface area contributed by atoms with Crippen LogP contribution < -0.4 is 4.74 Å². The summed E-state index contributed by atoms with van der Waals surface area (Å²) < 4.78 is 18.9. The Morgan fingerprint density at radius 1 is 1.11 bits per heavy atom. The second-order valence-corrected chi connectivity index (χ2v) is 5.15. The zero-order valence-corrected chi connectivity index (χ0v) is 12.4. The molecule has 0 unspecified atom stereocenters. The Hall–Kier alpha value is -0.770. The van der Waals surface area contributed by atoms with Gasteiger partial charge in [-0.25, -0.2) is 4.39 Å². The first-order valence-corrected chi connectivity index (χ1v) is 6.57. The Bertz CT molecular complexity index is 582. The quantitative estimate of drug-likeness (QED) is 0.688. The number of benzene rings is 2. The van der Waals surface area contributed by atoms with Gasteiger partial charge in [-0.3, -0.25) is 0 Å². The summed E-state index contributed by atoms with van der Waals surface area (Å²) >= 11 is 15.4. The van der Waals surface area contributed by atoms with Crippen LogP contribution in [0.5, 0.6) is 5.75 Å². The van der Waals surface area contributed by atoms with Crippen LogP contribution >= 0.6 is 39.1 Å². The first-order valence-electron chi connectivity index (χ1n) is 5.02. The van der Waals surface area contributed by atoms with Crippen LogP contribution in [0.15, 0.2) is 34.8 Å². The van der Waals surface area contributed by atoms with E-state index in [-0.39, 0.29) is 4.47 Å². The zero-order valence-electron chi connectivity index (χ0n) is 9.31. The molecule has 5 heteroatoms. The third-order valence-electron chi connectivity index (χ3n) is 2.49. The Kier molecular flexibility index (Phi) is 4.15. The van der Waals surface area contributed by atoms with Gasteiger partial charge >= 0.3 is 0 Å². The molecule has 0 aliphatic heterocycles. The Morgan fingerprint density at radius 3 is 2.28 bits per heavy atom. The highest BCUT2D eigenvalue weighted by Crippen LogP contribution is 2.43. The molecule has 1 nitrogen and oxygen atoms in total. The van der Waals surface area contributed by atoms with Gasteiger partial charge in [0.2, 0.25) is 0 Å². The predicted molar refractivity (Wildman–Crippen MR) is 76.1 cm³/mol. The summed E-state index contributed by atoms with van der Waals surface area (Å²) in [4.78, 5) is 0. The van der Waals surface area contributed by atoms with Gasteiger partial charge in [0.15, 0.2) is 0 Å². The van der Waals surface area contributed by atoms with E-state index in [9.17, 15) is 4.39 Å². The normalized spacial score (nSPS) is 10.5. The molecule has 0 N–H and O–H groups in total. The second kappa shape index (κ2) is 5.47. The van der Waals surface area contributed by atoms with E-state index >= 15 is 0 Å². The molecule has 0 heterocycles. The van der Waals surface area contributed by atoms with Crippen molar-refractivity contribution in [2.24, 2.45) is 0 Å². The summed E-state index contributed by atoms with van der Waals surface area (Å²) in [6.45, 7) is 0. The van der Waals surface area contributed by atoms with Crippen molar-refractivity contribution in [3.05, 3.63) is 50.7 Å². The van der Waals surface area contributed by atoms with Crippen molar-refractivity contribution < 1.29 is 9.13 Å². The highest BCUT2D eigenvalue weighted by molar-refractivity contribution is 9.10. The molecule has 0 aliphatic rings. The standard InChI is InChI=1S/C13H8BrCl2FO/c1-18-13-7(5-6-10(17)12(13)14)11-8(15)3-2-4-9(11)16/h2-6H,1H3. The van der Waals surface area contributed by atoms with E-state index in [0.29, 0.717) is 26.9 Å². The molecule has 0 saturated carbocycles. The topological polar surface area (TPSA) is 9.23 Å². The van der Waals surface area contributed by atoms with Crippen LogP contribution in [0, 0.1) is 5.82 Å². The van der Waals surface area contributed by atoms with E-state index in [4.69, 9.17) is 27.9 Å². The molecule has 0 fully saturated rings. The molecule has 18 heavy (non-hydrogen) atoms. The molecule has 0 radical (unpaired) electrons. The van der Waals surface area contributed by atoms with Crippen LogP contribution in [0.1, 0.15) is 0 Å². The SMILES string of the molecule is COc1c(-c2c(Cl)cccc2Cl)ccc(F)c1Br. The van der Waals surface area contributed by atoms with Crippen LogP contribution in [0.25, 0.3) is 11.1 Å². The molecule has 0 atom stereocenters. The Labute approximate surface area is 123 Å². The molecule has 0 aliphatic carbocycles. The number of hydrogen-bond donors (Lipinski definition) is 0. The van der Waals surface area contributed by atoms with E-state index in [1.54, 1.807) is 24.3 Å². The number of halogens is 4. The molecular formula is C13H8BrCl2FO. The first-order chi connectivity index (χ1) is 8.56. The van der Waals surface area contributed by atoms with Crippen LogP contribution in [0.4, 0.5) is 4.39 Å². The van der Waals surface area contributed by atoms with Crippen molar-refractivity contribution in [1.82, 2.24) is 0 Å². The molecule has 0 saturated heterocycles. The van der Waals surface area contributed by atoms with Crippen molar-refractivity contribution in [3.8, 4) is 16.9 Å². The van der Waals surface area contributed by atoms with Gasteiger partial charge in [-0.1, -0.05) is 29.3 Å². The summed E-state index contributed by atoms with van der Waals surface area (Å²) in [6.07, 6.45) is 0. The molecule has 2 aromatic carbocycles. The molecular weight excluding hydrogens is 342 g/mol. The molecule has 2 aromatic rings. The van der Waals surface area contributed by atoms with E-state index in [1.807, 2.05) is 0 Å². The van der Waals surface area contributed by atoms with Crippen LogP contribution in [-0.2, 0) is 0 Å². The molecule has 0 bridgehead atoms. The Balaban J connectivity index is 2.76. The van der Waals surface area contributed by atoms with Gasteiger partial charge in [0, 0.05) is 11.1 Å². The largest absolute Gasteiger partial charge is 0.495 e. The number of methoxy groups -OCH3 is 1. The van der Waals surface area contributed by atoms with Crippen LogP contribution in [-0.4, -0.2) is 7.11 Å². The highest BCUT2D eigenvalue weighted by atomic mass is 79.9. The number of hydrogen-bond acceptors (Lipinski definition) is 1. The maximum absolute atomic E-state index is 13.5. The molecule has 94 valence electrons. The average molecular weight is 350 g/mol. The minimum absolute atomic E-state index is 0.249. The Morgan fingerprint density at radius 2 is 1.72 bits per heavy atom. The molecule has 0 amide bonds. The third-order valence-corrected chi connectivity index (χ3v) is 3.86. The van der Waals surface area contributed by atoms with E-state index in [1.165, 1.54) is 13.2 Å². The van der Waals surface area contributed by atoms with Gasteiger partial charge in [0.1, 0.15) is 11.6 Å². The van der Waals surface area contributed by atoms with Crippen molar-refractivity contribution >= 4 is 39.1 Å². The fourth-order valence-electron chi connectivity index (χ4n) is 1.68. The van der Waals surface area contributed by atoms with Crippen molar-refractivity contribution in [2.75, 3.05) is 7.11 Å². The van der Waals surface area contributed by atoms with Crippen LogP contribution in [0.3, 0.4) is 0 Å². The molecule has 0 spiro atoms. The minimum Gasteiger partial charge on any atom is -0.495 e. The van der Waals surface area contributed by atoms with Gasteiger partial charge in [0.05, 0.1) is 21.6 Å². The van der Waals surface area contributed by atoms with E-state index in [0.717, 1.165) is 0 Å². The van der Waals surface area contributed by atoms with Gasteiger partial charge in [-0.05, 0) is 40.2 Å². The van der Waals surface area contributed by atoms with E-state index < -0.39 is 5.82 Å². The zero-order chi connectivity index (χ0) is 13.3. The summed E-state index contributed by atoms with van der Waals surface area (Å²) in [6, 6.07) is 8.12. The summed E-state index contributed by atoms with van der Waals surface area (Å²) in [5.41, 5.74) is 1.26. The third kappa shape index (κ3) is 2.35. The maximum Gasteiger partial charge on any atom is 0.143 e. The number of rotatable bonds is 2. The summed E-state index contributed by atoms with van der Waals surface area (Å²) in [5, 5.41) is 0.971. The molecule has 2 rings (SSSR count). The first kappa shape index (κ1) is 13.7. The minimum atomic E-state index is -0.404. The maximum atomic E-state index is 13.5. The number of ether oxygens (including phenoxy) is 1. The van der Waals surface area contributed by atoms with Crippen molar-refractivity contribution in [3.63, 3.8) is 0 Å². The summed E-state index contributed by atoms with van der Waals surface area (Å²) in [7, 11) is 1.47.